The molecule has 0 spiro atoms. The van der Waals surface area contributed by atoms with Crippen molar-refractivity contribution in [1.29, 1.82) is 0 Å². The second-order valence-electron chi connectivity index (χ2n) is 5.24. The zero-order valence-electron chi connectivity index (χ0n) is 12.2. The van der Waals surface area contributed by atoms with Crippen molar-refractivity contribution >= 4 is 9.84 Å². The van der Waals surface area contributed by atoms with Gasteiger partial charge >= 0.3 is 0 Å². The van der Waals surface area contributed by atoms with Gasteiger partial charge < -0.3 is 10.4 Å². The van der Waals surface area contributed by atoms with Gasteiger partial charge in [0.2, 0.25) is 0 Å². The van der Waals surface area contributed by atoms with E-state index in [-0.39, 0.29) is 11.5 Å². The maximum Gasteiger partial charge on any atom is 0.165 e. The number of nitrogens with one attached hydrogen (secondary N) is 1. The van der Waals surface area contributed by atoms with Crippen LogP contribution in [0.25, 0.3) is 0 Å². The fourth-order valence-electron chi connectivity index (χ4n) is 2.10. The molecule has 0 atom stereocenters. The van der Waals surface area contributed by atoms with E-state index in [0.717, 1.165) is 11.1 Å². The number of phenolic OH excluding ortho intramolecular Hbond substituents is 1. The van der Waals surface area contributed by atoms with E-state index in [1.165, 1.54) is 12.3 Å². The van der Waals surface area contributed by atoms with Crippen molar-refractivity contribution < 1.29 is 17.9 Å². The molecule has 0 aliphatic carbocycles. The Hall–Kier alpha value is -1.92. The molecule has 22 heavy (non-hydrogen) atoms. The maximum absolute atomic E-state index is 13.2. The van der Waals surface area contributed by atoms with E-state index in [4.69, 9.17) is 0 Å². The van der Waals surface area contributed by atoms with Gasteiger partial charge in [0.15, 0.2) is 21.4 Å². The van der Waals surface area contributed by atoms with Gasteiger partial charge in [0.25, 0.3) is 0 Å². The summed E-state index contributed by atoms with van der Waals surface area (Å²) in [5.41, 5.74) is 2.22. The second kappa shape index (κ2) is 6.89. The molecule has 0 saturated heterocycles. The van der Waals surface area contributed by atoms with E-state index in [0.29, 0.717) is 18.7 Å². The van der Waals surface area contributed by atoms with Gasteiger partial charge in [-0.25, -0.2) is 12.8 Å². The van der Waals surface area contributed by atoms with Crippen molar-refractivity contribution in [2.24, 2.45) is 0 Å². The summed E-state index contributed by atoms with van der Waals surface area (Å²) in [5.74, 6) is -0.944. The lowest BCUT2D eigenvalue weighted by molar-refractivity contribution is 0.423. The van der Waals surface area contributed by atoms with Crippen LogP contribution in [-0.2, 0) is 28.7 Å². The highest BCUT2D eigenvalue weighted by Gasteiger charge is 2.06. The smallest absolute Gasteiger partial charge is 0.165 e. The topological polar surface area (TPSA) is 66.4 Å². The summed E-state index contributed by atoms with van der Waals surface area (Å²) in [6.45, 7) is 0.879. The number of benzene rings is 2. The first-order valence-corrected chi connectivity index (χ1v) is 8.84. The molecule has 2 rings (SSSR count). The van der Waals surface area contributed by atoms with Crippen molar-refractivity contribution in [2.75, 3.05) is 6.26 Å². The lowest BCUT2D eigenvalue weighted by Gasteiger charge is -2.08. The van der Waals surface area contributed by atoms with Crippen LogP contribution in [0.2, 0.25) is 0 Å². The first-order valence-electron chi connectivity index (χ1n) is 6.78. The summed E-state index contributed by atoms with van der Waals surface area (Å²) in [6, 6.07) is 11.7. The first kappa shape index (κ1) is 16.5. The third-order valence-corrected chi connectivity index (χ3v) is 4.02. The SMILES string of the molecule is CS(=O)(=O)Cc1ccc(CNCc2cccc(F)c2O)cc1. The molecule has 0 aliphatic heterocycles. The van der Waals surface area contributed by atoms with Crippen molar-refractivity contribution in [1.82, 2.24) is 5.32 Å². The molecule has 0 radical (unpaired) electrons. The third-order valence-electron chi connectivity index (χ3n) is 3.17. The number of hydrogen-bond donors (Lipinski definition) is 2. The number of phenols is 1. The third kappa shape index (κ3) is 4.82. The summed E-state index contributed by atoms with van der Waals surface area (Å²) >= 11 is 0. The normalized spacial score (nSPS) is 11.5. The molecular formula is C16H18FNO3S. The fraction of sp³-hybridized carbons (Fsp3) is 0.250. The molecule has 0 saturated carbocycles. The molecule has 118 valence electrons. The van der Waals surface area contributed by atoms with Crippen molar-refractivity contribution in [3.8, 4) is 5.75 Å². The molecule has 0 aromatic heterocycles. The summed E-state index contributed by atoms with van der Waals surface area (Å²) < 4.78 is 35.6. The Morgan fingerprint density at radius 2 is 1.68 bits per heavy atom. The number of sulfone groups is 1. The summed E-state index contributed by atoms with van der Waals surface area (Å²) in [5, 5.41) is 12.7. The second-order valence-corrected chi connectivity index (χ2v) is 7.38. The van der Waals surface area contributed by atoms with E-state index in [2.05, 4.69) is 5.32 Å². The number of aromatic hydroxyl groups is 1. The Morgan fingerprint density at radius 3 is 2.32 bits per heavy atom. The lowest BCUT2D eigenvalue weighted by atomic mass is 10.1. The summed E-state index contributed by atoms with van der Waals surface area (Å²) in [4.78, 5) is 0. The first-order chi connectivity index (χ1) is 10.3. The molecule has 0 unspecified atom stereocenters. The van der Waals surface area contributed by atoms with E-state index in [9.17, 15) is 17.9 Å². The standard InChI is InChI=1S/C16H18FNO3S/c1-22(20,21)11-13-7-5-12(6-8-13)9-18-10-14-3-2-4-15(17)16(14)19/h2-8,18-19H,9-11H2,1H3. The van der Waals surface area contributed by atoms with Crippen molar-refractivity contribution in [2.45, 2.75) is 18.8 Å². The fourth-order valence-corrected chi connectivity index (χ4v) is 2.90. The molecule has 2 aromatic rings. The molecular weight excluding hydrogens is 305 g/mol. The molecule has 0 bridgehead atoms. The van der Waals surface area contributed by atoms with Crippen LogP contribution in [0, 0.1) is 5.82 Å². The largest absolute Gasteiger partial charge is 0.505 e. The van der Waals surface area contributed by atoms with Crippen LogP contribution in [0.3, 0.4) is 0 Å². The number of para-hydroxylation sites is 1. The highest BCUT2D eigenvalue weighted by molar-refractivity contribution is 7.89. The maximum atomic E-state index is 13.2. The molecule has 6 heteroatoms. The van der Waals surface area contributed by atoms with Crippen LogP contribution in [0.1, 0.15) is 16.7 Å². The minimum Gasteiger partial charge on any atom is -0.505 e. The molecule has 0 aliphatic rings. The van der Waals surface area contributed by atoms with Crippen LogP contribution in [-0.4, -0.2) is 19.8 Å². The average Bonchev–Trinajstić information content (AvgIpc) is 2.44. The van der Waals surface area contributed by atoms with Crippen LogP contribution >= 0.6 is 0 Å². The molecule has 0 heterocycles. The molecule has 2 aromatic carbocycles. The minimum atomic E-state index is -3.03. The number of hydrogen-bond acceptors (Lipinski definition) is 4. The predicted molar refractivity (Wildman–Crippen MR) is 83.6 cm³/mol. The highest BCUT2D eigenvalue weighted by Crippen LogP contribution is 2.20. The van der Waals surface area contributed by atoms with E-state index in [1.54, 1.807) is 24.3 Å². The Labute approximate surface area is 129 Å². The predicted octanol–water partition coefficient (Wildman–Crippen LogP) is 2.37. The quantitative estimate of drug-likeness (QED) is 0.856. The Balaban J connectivity index is 1.91. The van der Waals surface area contributed by atoms with Gasteiger partial charge in [0, 0.05) is 24.9 Å². The summed E-state index contributed by atoms with van der Waals surface area (Å²) in [7, 11) is -3.03. The monoisotopic (exact) mass is 323 g/mol. The van der Waals surface area contributed by atoms with Gasteiger partial charge in [0.1, 0.15) is 0 Å². The average molecular weight is 323 g/mol. The number of rotatable bonds is 6. The van der Waals surface area contributed by atoms with E-state index >= 15 is 0 Å². The summed E-state index contributed by atoms with van der Waals surface area (Å²) in [6.07, 6.45) is 1.20. The van der Waals surface area contributed by atoms with E-state index < -0.39 is 15.7 Å². The van der Waals surface area contributed by atoms with Crippen LogP contribution in [0.5, 0.6) is 5.75 Å². The van der Waals surface area contributed by atoms with Gasteiger partial charge in [-0.1, -0.05) is 36.4 Å². The zero-order valence-corrected chi connectivity index (χ0v) is 13.0. The molecule has 0 fully saturated rings. The van der Waals surface area contributed by atoms with Gasteiger partial charge in [-0.3, -0.25) is 0 Å². The molecule has 4 nitrogen and oxygen atoms in total. The van der Waals surface area contributed by atoms with Crippen molar-refractivity contribution in [3.63, 3.8) is 0 Å². The highest BCUT2D eigenvalue weighted by atomic mass is 32.2. The van der Waals surface area contributed by atoms with Gasteiger partial charge in [-0.2, -0.15) is 0 Å². The van der Waals surface area contributed by atoms with Gasteiger partial charge in [-0.05, 0) is 17.2 Å². The molecule has 2 N–H and O–H groups in total. The van der Waals surface area contributed by atoms with Crippen molar-refractivity contribution in [3.05, 3.63) is 65.0 Å². The minimum absolute atomic E-state index is 0.0257. The van der Waals surface area contributed by atoms with Gasteiger partial charge in [-0.15, -0.1) is 0 Å². The molecule has 0 amide bonds. The number of halogens is 1. The Morgan fingerprint density at radius 1 is 1.05 bits per heavy atom. The Kier molecular flexibility index (Phi) is 5.15. The van der Waals surface area contributed by atoms with Crippen LogP contribution in [0.15, 0.2) is 42.5 Å². The lowest BCUT2D eigenvalue weighted by Crippen LogP contribution is -2.13. The van der Waals surface area contributed by atoms with E-state index in [1.807, 2.05) is 12.1 Å². The Bertz CT molecular complexity index is 742. The van der Waals surface area contributed by atoms with Gasteiger partial charge in [0.05, 0.1) is 5.75 Å². The zero-order chi connectivity index (χ0) is 16.2. The van der Waals surface area contributed by atoms with Crippen LogP contribution in [0.4, 0.5) is 4.39 Å². The van der Waals surface area contributed by atoms with Crippen LogP contribution < -0.4 is 5.32 Å².